The molecule has 0 saturated carbocycles. The highest BCUT2D eigenvalue weighted by Gasteiger charge is 2.31. The molecule has 3 aromatic rings. The van der Waals surface area contributed by atoms with Crippen molar-refractivity contribution in [3.05, 3.63) is 52.5 Å². The third-order valence-electron chi connectivity index (χ3n) is 5.55. The summed E-state index contributed by atoms with van der Waals surface area (Å²) in [5.41, 5.74) is 5.87. The van der Waals surface area contributed by atoms with Gasteiger partial charge in [-0.1, -0.05) is 0 Å². The summed E-state index contributed by atoms with van der Waals surface area (Å²) in [7, 11) is 0. The molecule has 3 N–H and O–H groups in total. The molecule has 0 fully saturated rings. The average Bonchev–Trinajstić information content (AvgIpc) is 3.29. The molecule has 4 heterocycles. The van der Waals surface area contributed by atoms with Gasteiger partial charge in [0.05, 0.1) is 23.2 Å². The molecule has 0 saturated heterocycles. The molecule has 30 heavy (non-hydrogen) atoms. The number of halogens is 1. The summed E-state index contributed by atoms with van der Waals surface area (Å²) in [6.45, 7) is 6.92. The molecular formula is C22H20FN5O2. The molecule has 1 amide bonds. The lowest BCUT2D eigenvalue weighted by Crippen LogP contribution is -2.20. The first kappa shape index (κ1) is 18.4. The summed E-state index contributed by atoms with van der Waals surface area (Å²) in [6, 6.07) is 1.46. The highest BCUT2D eigenvalue weighted by Crippen LogP contribution is 2.44. The molecule has 2 aliphatic heterocycles. The number of imidazole rings is 1. The van der Waals surface area contributed by atoms with E-state index in [0.29, 0.717) is 41.4 Å². The number of nitrogens with one attached hydrogen (secondary N) is 3. The Kier molecular flexibility index (Phi) is 4.09. The lowest BCUT2D eigenvalue weighted by atomic mass is 9.90. The first-order valence-corrected chi connectivity index (χ1v) is 9.69. The van der Waals surface area contributed by atoms with Crippen LogP contribution in [-0.4, -0.2) is 34.0 Å². The lowest BCUT2D eigenvalue weighted by molar-refractivity contribution is -0.110. The summed E-state index contributed by atoms with van der Waals surface area (Å²) in [6.07, 6.45) is 5.04. The molecule has 1 aromatic carbocycles. The summed E-state index contributed by atoms with van der Waals surface area (Å²) < 4.78 is 20.7. The number of hydrogen-bond acceptors (Lipinski definition) is 5. The zero-order valence-electron chi connectivity index (χ0n) is 16.8. The number of carbonyl (C=O) groups is 1. The molecule has 8 heteroatoms. The van der Waals surface area contributed by atoms with Crippen LogP contribution in [0.3, 0.4) is 0 Å². The Bertz CT molecular complexity index is 1240. The van der Waals surface area contributed by atoms with Crippen LogP contribution in [0.2, 0.25) is 0 Å². The Morgan fingerprint density at radius 3 is 2.70 bits per heavy atom. The summed E-state index contributed by atoms with van der Waals surface area (Å²) in [4.78, 5) is 24.3. The molecule has 0 unspecified atom stereocenters. The number of amides is 1. The fraction of sp³-hybridized carbons (Fsp3) is 0.227. The van der Waals surface area contributed by atoms with Crippen molar-refractivity contribution in [2.75, 3.05) is 23.8 Å². The van der Waals surface area contributed by atoms with Gasteiger partial charge in [-0.2, -0.15) is 0 Å². The number of aryl methyl sites for hydroxylation is 1. The van der Waals surface area contributed by atoms with Gasteiger partial charge in [0.15, 0.2) is 0 Å². The molecule has 0 aliphatic carbocycles. The van der Waals surface area contributed by atoms with Crippen molar-refractivity contribution in [1.29, 1.82) is 0 Å². The Morgan fingerprint density at radius 2 is 1.93 bits per heavy atom. The monoisotopic (exact) mass is 405 g/mol. The third-order valence-corrected chi connectivity index (χ3v) is 5.55. The van der Waals surface area contributed by atoms with Crippen LogP contribution in [0, 0.1) is 26.6 Å². The highest BCUT2D eigenvalue weighted by atomic mass is 19.1. The van der Waals surface area contributed by atoms with Gasteiger partial charge in [-0.15, -0.1) is 0 Å². The minimum absolute atomic E-state index is 0.203. The van der Waals surface area contributed by atoms with Crippen molar-refractivity contribution in [3.63, 3.8) is 0 Å². The van der Waals surface area contributed by atoms with E-state index in [0.717, 1.165) is 28.2 Å². The number of aromatic amines is 1. The number of nitrogens with zero attached hydrogens (tertiary/aromatic N) is 2. The van der Waals surface area contributed by atoms with Gasteiger partial charge in [-0.25, -0.2) is 14.4 Å². The maximum Gasteiger partial charge on any atom is 0.256 e. The number of H-pyrrole nitrogens is 1. The van der Waals surface area contributed by atoms with Gasteiger partial charge in [-0.3, -0.25) is 4.79 Å². The van der Waals surface area contributed by atoms with Gasteiger partial charge in [0, 0.05) is 23.9 Å². The molecule has 0 atom stereocenters. The zero-order chi connectivity index (χ0) is 21.0. The second-order valence-electron chi connectivity index (χ2n) is 7.47. The normalized spacial score (nSPS) is 16.0. The van der Waals surface area contributed by atoms with Gasteiger partial charge in [0.2, 0.25) is 5.88 Å². The highest BCUT2D eigenvalue weighted by molar-refractivity contribution is 6.35. The van der Waals surface area contributed by atoms with E-state index in [4.69, 9.17) is 4.74 Å². The molecule has 0 bridgehead atoms. The van der Waals surface area contributed by atoms with Crippen LogP contribution in [0.4, 0.5) is 15.8 Å². The van der Waals surface area contributed by atoms with Gasteiger partial charge in [0.1, 0.15) is 23.9 Å². The predicted molar refractivity (Wildman–Crippen MR) is 113 cm³/mol. The Morgan fingerprint density at radius 1 is 1.10 bits per heavy atom. The smallest absolute Gasteiger partial charge is 0.256 e. The number of aromatic nitrogens is 3. The maximum atomic E-state index is 15.1. The zero-order valence-corrected chi connectivity index (χ0v) is 16.8. The quantitative estimate of drug-likeness (QED) is 0.564. The van der Waals surface area contributed by atoms with Gasteiger partial charge in [0.25, 0.3) is 5.91 Å². The van der Waals surface area contributed by atoms with E-state index < -0.39 is 5.82 Å². The predicted octanol–water partition coefficient (Wildman–Crippen LogP) is 3.83. The number of pyridine rings is 1. The van der Waals surface area contributed by atoms with Gasteiger partial charge >= 0.3 is 0 Å². The fourth-order valence-electron chi connectivity index (χ4n) is 4.08. The molecule has 2 aromatic heterocycles. The lowest BCUT2D eigenvalue weighted by Gasteiger charge is -2.22. The molecule has 0 spiro atoms. The minimum Gasteiger partial charge on any atom is -0.474 e. The average molecular weight is 405 g/mol. The van der Waals surface area contributed by atoms with Crippen LogP contribution >= 0.6 is 0 Å². The maximum absolute atomic E-state index is 15.1. The van der Waals surface area contributed by atoms with Crippen LogP contribution in [0.25, 0.3) is 22.8 Å². The second kappa shape index (κ2) is 6.69. The topological polar surface area (TPSA) is 91.9 Å². The van der Waals surface area contributed by atoms with E-state index in [-0.39, 0.29) is 11.6 Å². The van der Waals surface area contributed by atoms with Crippen LogP contribution in [-0.2, 0) is 4.79 Å². The number of benzene rings is 1. The van der Waals surface area contributed by atoms with Crippen molar-refractivity contribution >= 4 is 28.9 Å². The van der Waals surface area contributed by atoms with Crippen LogP contribution in [0.1, 0.15) is 28.2 Å². The number of ether oxygens (including phenoxy) is 1. The van der Waals surface area contributed by atoms with E-state index >= 15 is 4.39 Å². The van der Waals surface area contributed by atoms with Gasteiger partial charge in [-0.05, 0) is 49.6 Å². The van der Waals surface area contributed by atoms with E-state index in [1.807, 2.05) is 20.8 Å². The summed E-state index contributed by atoms with van der Waals surface area (Å²) >= 11 is 0. The Balaban J connectivity index is 1.70. The molecule has 7 nitrogen and oxygen atoms in total. The minimum atomic E-state index is -0.482. The second-order valence-corrected chi connectivity index (χ2v) is 7.47. The molecule has 152 valence electrons. The molecule has 5 rings (SSSR count). The van der Waals surface area contributed by atoms with Crippen LogP contribution in [0.5, 0.6) is 5.88 Å². The van der Waals surface area contributed by atoms with Crippen LogP contribution < -0.4 is 15.4 Å². The third kappa shape index (κ3) is 2.75. The standard InChI is InChI=1S/C22H20FN5O2/c1-10-14(16-9-26-22-19(11(16)2)24-4-5-30-22)7-17(23)20-18(10)15(21(29)28-20)6-13-8-25-12(3)27-13/h6-9,24H,4-5H2,1-3H3,(H,25,27)(H,28,29)/b15-6-. The van der Waals surface area contributed by atoms with Crippen molar-refractivity contribution < 1.29 is 13.9 Å². The number of carbonyl (C=O) groups excluding carboxylic acids is 1. The van der Waals surface area contributed by atoms with Crippen molar-refractivity contribution in [1.82, 2.24) is 15.0 Å². The number of rotatable bonds is 2. The Hall–Kier alpha value is -3.68. The van der Waals surface area contributed by atoms with Gasteiger partial charge < -0.3 is 20.4 Å². The molecular weight excluding hydrogens is 385 g/mol. The van der Waals surface area contributed by atoms with Crippen molar-refractivity contribution in [2.45, 2.75) is 20.8 Å². The van der Waals surface area contributed by atoms with Crippen molar-refractivity contribution in [2.24, 2.45) is 0 Å². The number of anilines is 2. The fourth-order valence-corrected chi connectivity index (χ4v) is 4.08. The number of hydrogen-bond donors (Lipinski definition) is 3. The van der Waals surface area contributed by atoms with E-state index in [9.17, 15) is 4.79 Å². The van der Waals surface area contributed by atoms with Crippen molar-refractivity contribution in [3.8, 4) is 17.0 Å². The SMILES string of the molecule is Cc1ncc(/C=C2\C(=O)Nc3c(F)cc(-c4cnc5c(c4C)NCCO5)c(C)c32)[nH]1. The number of fused-ring (bicyclic) bond motifs is 2. The summed E-state index contributed by atoms with van der Waals surface area (Å²) in [5, 5.41) is 5.97. The van der Waals surface area contributed by atoms with Crippen LogP contribution in [0.15, 0.2) is 18.5 Å². The largest absolute Gasteiger partial charge is 0.474 e. The van der Waals surface area contributed by atoms with E-state index in [2.05, 4.69) is 25.6 Å². The summed E-state index contributed by atoms with van der Waals surface area (Å²) in [5.74, 6) is 0.465. The molecule has 0 radical (unpaired) electrons. The van der Waals surface area contributed by atoms with E-state index in [1.165, 1.54) is 6.07 Å². The molecule has 2 aliphatic rings. The first-order chi connectivity index (χ1) is 14.4. The Labute approximate surface area is 172 Å². The van der Waals surface area contributed by atoms with E-state index in [1.54, 1.807) is 18.5 Å². The first-order valence-electron chi connectivity index (χ1n) is 9.69.